The van der Waals surface area contributed by atoms with E-state index in [1.165, 1.54) is 21.6 Å². The Balaban J connectivity index is 2.11. The van der Waals surface area contributed by atoms with Crippen LogP contribution in [0.15, 0.2) is 35.7 Å². The molecule has 2 rings (SSSR count). The second kappa shape index (κ2) is 6.36. The van der Waals surface area contributed by atoms with E-state index in [-0.39, 0.29) is 0 Å². The van der Waals surface area contributed by atoms with E-state index >= 15 is 0 Å². The fourth-order valence-corrected chi connectivity index (χ4v) is 3.40. The highest BCUT2D eigenvalue weighted by Gasteiger charge is 2.15. The third-order valence-electron chi connectivity index (χ3n) is 3.63. The Hall–Kier alpha value is -1.12. The average molecular weight is 273 g/mol. The zero-order chi connectivity index (χ0) is 13.8. The standard InChI is InChI=1S/C17H23NS/c1-5-16(15-8-6-12(2)7-9-15)18-14(4)17-13(3)10-11-19-17/h6-11,14,16,18H,5H2,1-4H3. The molecule has 1 aromatic carbocycles. The van der Waals surface area contributed by atoms with Crippen LogP contribution in [-0.4, -0.2) is 0 Å². The van der Waals surface area contributed by atoms with Gasteiger partial charge < -0.3 is 5.32 Å². The molecule has 1 nitrogen and oxygen atoms in total. The van der Waals surface area contributed by atoms with E-state index in [4.69, 9.17) is 0 Å². The molecule has 2 heteroatoms. The second-order valence-corrected chi connectivity index (χ2v) is 6.18. The van der Waals surface area contributed by atoms with Gasteiger partial charge in [-0.05, 0) is 49.8 Å². The Kier molecular flexibility index (Phi) is 4.78. The monoisotopic (exact) mass is 273 g/mol. The fraction of sp³-hybridized carbons (Fsp3) is 0.412. The lowest BCUT2D eigenvalue weighted by Crippen LogP contribution is -2.24. The lowest BCUT2D eigenvalue weighted by molar-refractivity contribution is 0.459. The summed E-state index contributed by atoms with van der Waals surface area (Å²) < 4.78 is 0. The summed E-state index contributed by atoms with van der Waals surface area (Å²) in [5, 5.41) is 5.93. The highest BCUT2D eigenvalue weighted by Crippen LogP contribution is 2.27. The van der Waals surface area contributed by atoms with Crippen molar-refractivity contribution in [1.82, 2.24) is 5.32 Å². The molecule has 0 aliphatic rings. The minimum absolute atomic E-state index is 0.409. The van der Waals surface area contributed by atoms with Crippen LogP contribution in [0.3, 0.4) is 0 Å². The van der Waals surface area contributed by atoms with Gasteiger partial charge in [-0.15, -0.1) is 11.3 Å². The molecule has 0 bridgehead atoms. The fourth-order valence-electron chi connectivity index (χ4n) is 2.45. The number of aryl methyl sites for hydroxylation is 2. The first-order valence-electron chi connectivity index (χ1n) is 6.98. The van der Waals surface area contributed by atoms with Gasteiger partial charge in [0.15, 0.2) is 0 Å². The molecule has 1 heterocycles. The van der Waals surface area contributed by atoms with Gasteiger partial charge in [0.25, 0.3) is 0 Å². The van der Waals surface area contributed by atoms with Crippen LogP contribution in [0.5, 0.6) is 0 Å². The summed E-state index contributed by atoms with van der Waals surface area (Å²) >= 11 is 1.85. The van der Waals surface area contributed by atoms with Crippen LogP contribution < -0.4 is 5.32 Å². The predicted molar refractivity (Wildman–Crippen MR) is 84.8 cm³/mol. The lowest BCUT2D eigenvalue weighted by Gasteiger charge is -2.23. The molecule has 0 fully saturated rings. The molecule has 0 saturated carbocycles. The number of benzene rings is 1. The molecular formula is C17H23NS. The Morgan fingerprint density at radius 3 is 2.32 bits per heavy atom. The zero-order valence-corrected chi connectivity index (χ0v) is 13.1. The molecule has 19 heavy (non-hydrogen) atoms. The Bertz CT molecular complexity index is 512. The first kappa shape index (κ1) is 14.3. The van der Waals surface area contributed by atoms with Crippen molar-refractivity contribution in [3.05, 3.63) is 57.3 Å². The SMILES string of the molecule is CCC(NC(C)c1sccc1C)c1ccc(C)cc1. The Labute approximate surface area is 120 Å². The summed E-state index contributed by atoms with van der Waals surface area (Å²) in [6, 6.07) is 11.9. The number of nitrogens with one attached hydrogen (secondary N) is 1. The molecule has 102 valence electrons. The van der Waals surface area contributed by atoms with Crippen LogP contribution in [0, 0.1) is 13.8 Å². The normalized spacial score (nSPS) is 14.3. The molecule has 0 saturated heterocycles. The van der Waals surface area contributed by atoms with Crippen molar-refractivity contribution < 1.29 is 0 Å². The number of hydrogen-bond acceptors (Lipinski definition) is 2. The lowest BCUT2D eigenvalue weighted by atomic mass is 10.0. The van der Waals surface area contributed by atoms with Crippen molar-refractivity contribution in [2.75, 3.05) is 0 Å². The maximum Gasteiger partial charge on any atom is 0.0393 e. The van der Waals surface area contributed by atoms with Gasteiger partial charge in [-0.2, -0.15) is 0 Å². The molecule has 1 aromatic heterocycles. The number of thiophene rings is 1. The molecular weight excluding hydrogens is 250 g/mol. The van der Waals surface area contributed by atoms with Crippen LogP contribution in [0.2, 0.25) is 0 Å². The molecule has 0 radical (unpaired) electrons. The number of hydrogen-bond donors (Lipinski definition) is 1. The van der Waals surface area contributed by atoms with Gasteiger partial charge in [0, 0.05) is 17.0 Å². The van der Waals surface area contributed by atoms with Gasteiger partial charge in [0.05, 0.1) is 0 Å². The van der Waals surface area contributed by atoms with Gasteiger partial charge in [-0.1, -0.05) is 36.8 Å². The summed E-state index contributed by atoms with van der Waals surface area (Å²) in [5.41, 5.74) is 4.10. The largest absolute Gasteiger partial charge is 0.303 e. The van der Waals surface area contributed by atoms with Crippen molar-refractivity contribution in [2.24, 2.45) is 0 Å². The minimum Gasteiger partial charge on any atom is -0.303 e. The molecule has 2 unspecified atom stereocenters. The van der Waals surface area contributed by atoms with Crippen molar-refractivity contribution >= 4 is 11.3 Å². The van der Waals surface area contributed by atoms with Crippen molar-refractivity contribution in [3.63, 3.8) is 0 Å². The molecule has 2 atom stereocenters. The van der Waals surface area contributed by atoms with Crippen molar-refractivity contribution in [1.29, 1.82) is 0 Å². The van der Waals surface area contributed by atoms with E-state index in [9.17, 15) is 0 Å². The van der Waals surface area contributed by atoms with E-state index in [0.29, 0.717) is 12.1 Å². The van der Waals surface area contributed by atoms with E-state index < -0.39 is 0 Å². The highest BCUT2D eigenvalue weighted by atomic mass is 32.1. The highest BCUT2D eigenvalue weighted by molar-refractivity contribution is 7.10. The molecule has 1 N–H and O–H groups in total. The predicted octanol–water partition coefficient (Wildman–Crippen LogP) is 5.17. The second-order valence-electron chi connectivity index (χ2n) is 5.23. The maximum atomic E-state index is 3.76. The number of rotatable bonds is 5. The Morgan fingerprint density at radius 1 is 1.11 bits per heavy atom. The third kappa shape index (κ3) is 3.46. The summed E-state index contributed by atoms with van der Waals surface area (Å²) in [7, 11) is 0. The molecule has 0 spiro atoms. The summed E-state index contributed by atoms with van der Waals surface area (Å²) in [6.07, 6.45) is 1.11. The van der Waals surface area contributed by atoms with Gasteiger partial charge in [-0.3, -0.25) is 0 Å². The van der Waals surface area contributed by atoms with Crippen LogP contribution in [0.4, 0.5) is 0 Å². The van der Waals surface area contributed by atoms with Gasteiger partial charge in [-0.25, -0.2) is 0 Å². The molecule has 0 amide bonds. The molecule has 0 aliphatic carbocycles. The average Bonchev–Trinajstić information content (AvgIpc) is 2.83. The topological polar surface area (TPSA) is 12.0 Å². The zero-order valence-electron chi connectivity index (χ0n) is 12.2. The Morgan fingerprint density at radius 2 is 1.79 bits per heavy atom. The van der Waals surface area contributed by atoms with Crippen molar-refractivity contribution in [3.8, 4) is 0 Å². The van der Waals surface area contributed by atoms with Crippen LogP contribution in [0.1, 0.15) is 53.9 Å². The van der Waals surface area contributed by atoms with E-state index in [1.54, 1.807) is 0 Å². The van der Waals surface area contributed by atoms with Crippen LogP contribution >= 0.6 is 11.3 Å². The van der Waals surface area contributed by atoms with Crippen LogP contribution in [0.25, 0.3) is 0 Å². The first-order chi connectivity index (χ1) is 9.11. The van der Waals surface area contributed by atoms with E-state index in [2.05, 4.69) is 68.7 Å². The van der Waals surface area contributed by atoms with Gasteiger partial charge >= 0.3 is 0 Å². The molecule has 2 aromatic rings. The maximum absolute atomic E-state index is 3.76. The van der Waals surface area contributed by atoms with Gasteiger partial charge in [0.1, 0.15) is 0 Å². The summed E-state index contributed by atoms with van der Waals surface area (Å²) in [4.78, 5) is 1.45. The van der Waals surface area contributed by atoms with Gasteiger partial charge in [0.2, 0.25) is 0 Å². The minimum atomic E-state index is 0.409. The van der Waals surface area contributed by atoms with E-state index in [0.717, 1.165) is 6.42 Å². The quantitative estimate of drug-likeness (QED) is 0.792. The summed E-state index contributed by atoms with van der Waals surface area (Å²) in [5.74, 6) is 0. The van der Waals surface area contributed by atoms with Crippen molar-refractivity contribution in [2.45, 2.75) is 46.2 Å². The third-order valence-corrected chi connectivity index (χ3v) is 4.84. The smallest absolute Gasteiger partial charge is 0.0393 e. The first-order valence-corrected chi connectivity index (χ1v) is 7.86. The molecule has 0 aliphatic heterocycles. The summed E-state index contributed by atoms with van der Waals surface area (Å²) in [6.45, 7) is 8.83. The van der Waals surface area contributed by atoms with E-state index in [1.807, 2.05) is 11.3 Å². The van der Waals surface area contributed by atoms with Crippen LogP contribution in [-0.2, 0) is 0 Å².